The minimum absolute atomic E-state index is 0.0894. The molecule has 12 N–H and O–H groups in total. The zero-order valence-corrected chi connectivity index (χ0v) is 49.8. The maximum Gasteiger partial charge on any atom is 0.295 e. The summed E-state index contributed by atoms with van der Waals surface area (Å²) in [5, 5.41) is 29.3. The maximum absolute atomic E-state index is 12.3. The Morgan fingerprint density at radius 3 is 1.95 bits per heavy atom. The van der Waals surface area contributed by atoms with Crippen LogP contribution in [0.1, 0.15) is 115 Å². The van der Waals surface area contributed by atoms with Crippen molar-refractivity contribution < 1.29 is 31.0 Å². The van der Waals surface area contributed by atoms with Gasteiger partial charge >= 0.3 is 0 Å². The van der Waals surface area contributed by atoms with E-state index >= 15 is 0 Å². The first-order chi connectivity index (χ1) is 36.4. The molecule has 0 aliphatic rings. The van der Waals surface area contributed by atoms with E-state index in [0.29, 0.717) is 25.0 Å². The molecule has 1 heterocycles. The van der Waals surface area contributed by atoms with E-state index in [-0.39, 0.29) is 53.2 Å². The lowest BCUT2D eigenvalue weighted by Gasteiger charge is -2.16. The number of anilines is 5. The standard InChI is InChI=1S/C28H43N7O7S2.C12H16N6.C5H13N.4C2H6/c1-5-29-16-9-17-32-27(31-6-2)35-28(33-21-30-18-19-36)34-25-15-14-24(26(20-25)44(40,41)42)13-12-22(3)10-7-8-11-23(4)43(37,38)39;1-2-8-14-11-16-10(13)17-12(18-11)15-9-6-4-3-5-7-9;1-4-6(3)5-2;4*1-2/h2,7-8,10-15,20,22-23,29-30,36H,5,9,16-19,21H2,1,3-4H3,(H,37,38,39)(H,40,41,42)(H3,31,32,33,34,35);3-7H,2,8H2,1H3,(H4,13,14,15,16,17,18);4-5H2,1-3H3;4*1-2H3/b10-7-,11-8-,13-12+;;;;;;. The van der Waals surface area contributed by atoms with Gasteiger partial charge in [0, 0.05) is 37.1 Å². The summed E-state index contributed by atoms with van der Waals surface area (Å²) in [6, 6.07) is 16.2. The summed E-state index contributed by atoms with van der Waals surface area (Å²) in [7, 11) is -6.68. The molecule has 23 heteroatoms. The van der Waals surface area contributed by atoms with Crippen molar-refractivity contribution in [2.24, 2.45) is 15.9 Å². The lowest BCUT2D eigenvalue weighted by atomic mass is 10.1. The Balaban J connectivity index is -0.000000658. The number of benzene rings is 2. The summed E-state index contributed by atoms with van der Waals surface area (Å²) in [5.74, 6) is 1.32. The molecular weight excluding hydrogens is 1010 g/mol. The number of hydrogen-bond acceptors (Lipinski definition) is 16. The van der Waals surface area contributed by atoms with Gasteiger partial charge in [-0.3, -0.25) is 19.7 Å². The minimum Gasteiger partial charge on any atom is -0.395 e. The molecule has 2 aromatic carbocycles. The van der Waals surface area contributed by atoms with Gasteiger partial charge in [0.2, 0.25) is 29.8 Å². The molecule has 21 nitrogen and oxygen atoms in total. The highest BCUT2D eigenvalue weighted by molar-refractivity contribution is 7.86. The molecule has 0 aliphatic heterocycles. The van der Waals surface area contributed by atoms with Gasteiger partial charge < -0.3 is 42.3 Å². The van der Waals surface area contributed by atoms with Crippen molar-refractivity contribution in [3.8, 4) is 12.5 Å². The first kappa shape index (κ1) is 76.5. The summed E-state index contributed by atoms with van der Waals surface area (Å²) in [5.41, 5.74) is 7.05. The van der Waals surface area contributed by atoms with Crippen molar-refractivity contribution in [2.75, 3.05) is 87.8 Å². The van der Waals surface area contributed by atoms with Crippen LogP contribution in [0.3, 0.4) is 0 Å². The van der Waals surface area contributed by atoms with E-state index in [9.17, 15) is 21.4 Å². The number of rotatable bonds is 24. The van der Waals surface area contributed by atoms with Gasteiger partial charge in [0.1, 0.15) is 10.1 Å². The van der Waals surface area contributed by atoms with Crippen molar-refractivity contribution in [1.29, 1.82) is 0 Å². The fourth-order valence-electron chi connectivity index (χ4n) is 4.92. The normalized spacial score (nSPS) is 12.0. The fraction of sp³-hybridized carbons (Fsp3) is 0.528. The molecule has 432 valence electrons. The zero-order valence-electron chi connectivity index (χ0n) is 48.1. The first-order valence-electron chi connectivity index (χ1n) is 26.1. The Labute approximate surface area is 458 Å². The third-order valence-electron chi connectivity index (χ3n) is 8.93. The molecule has 0 saturated heterocycles. The molecule has 2 atom stereocenters. The van der Waals surface area contributed by atoms with Crippen molar-refractivity contribution in [2.45, 2.75) is 120 Å². The van der Waals surface area contributed by atoms with Gasteiger partial charge in [0.15, 0.2) is 0 Å². The average Bonchev–Trinajstić information content (AvgIpc) is 3.41. The van der Waals surface area contributed by atoms with E-state index in [0.717, 1.165) is 51.3 Å². The minimum atomic E-state index is -4.63. The second kappa shape index (κ2) is 49.9. The fourth-order valence-corrected chi connectivity index (χ4v) is 5.91. The average molecular weight is 1110 g/mol. The van der Waals surface area contributed by atoms with Gasteiger partial charge in [-0.1, -0.05) is 157 Å². The van der Waals surface area contributed by atoms with Crippen LogP contribution >= 0.6 is 0 Å². The van der Waals surface area contributed by atoms with Crippen LogP contribution in [-0.4, -0.2) is 134 Å². The van der Waals surface area contributed by atoms with Gasteiger partial charge in [0.25, 0.3) is 20.2 Å². The van der Waals surface area contributed by atoms with Crippen LogP contribution in [0, 0.1) is 18.4 Å². The van der Waals surface area contributed by atoms with Crippen LogP contribution in [0.2, 0.25) is 0 Å². The molecule has 0 spiro atoms. The largest absolute Gasteiger partial charge is 0.395 e. The number of nitrogens with one attached hydrogen (secondary N) is 7. The van der Waals surface area contributed by atoms with Crippen LogP contribution in [0.4, 0.5) is 29.2 Å². The number of allylic oxidation sites excluding steroid dienone is 4. The first-order valence-corrected chi connectivity index (χ1v) is 29.1. The van der Waals surface area contributed by atoms with E-state index < -0.39 is 25.5 Å². The molecule has 0 amide bonds. The predicted octanol–water partition coefficient (Wildman–Crippen LogP) is 8.49. The van der Waals surface area contributed by atoms with Gasteiger partial charge in [-0.2, -0.15) is 36.8 Å². The van der Waals surface area contributed by atoms with Gasteiger partial charge in [-0.05, 0) is 88.7 Å². The van der Waals surface area contributed by atoms with Crippen molar-refractivity contribution in [3.63, 3.8) is 0 Å². The highest BCUT2D eigenvalue weighted by atomic mass is 32.2. The number of hydrogen-bond donors (Lipinski definition) is 11. The van der Waals surface area contributed by atoms with Crippen molar-refractivity contribution in [1.82, 2.24) is 41.1 Å². The number of nitrogen functional groups attached to an aromatic ring is 1. The Hall–Kier alpha value is -5.97. The zero-order chi connectivity index (χ0) is 58.8. The van der Waals surface area contributed by atoms with Crippen LogP contribution in [0.25, 0.3) is 6.08 Å². The Morgan fingerprint density at radius 1 is 0.789 bits per heavy atom. The molecule has 3 aromatic rings. The van der Waals surface area contributed by atoms with Crippen LogP contribution < -0.4 is 43.0 Å². The number of aromatic nitrogens is 3. The quantitative estimate of drug-likeness (QED) is 0.0100. The highest BCUT2D eigenvalue weighted by Crippen LogP contribution is 2.23. The molecule has 1 aromatic heterocycles. The summed E-state index contributed by atoms with van der Waals surface area (Å²) in [4.78, 5) is 22.5. The number of para-hydroxylation sites is 1. The van der Waals surface area contributed by atoms with Gasteiger partial charge in [-0.15, -0.1) is 0 Å². The summed E-state index contributed by atoms with van der Waals surface area (Å²) >= 11 is 0. The number of nitrogens with two attached hydrogens (primary N) is 1. The Bertz CT molecular complexity index is 2320. The van der Waals surface area contributed by atoms with E-state index in [1.54, 1.807) is 24.3 Å². The highest BCUT2D eigenvalue weighted by Gasteiger charge is 2.17. The summed E-state index contributed by atoms with van der Waals surface area (Å²) in [6.45, 7) is 33.2. The Morgan fingerprint density at radius 2 is 1.41 bits per heavy atom. The smallest absolute Gasteiger partial charge is 0.295 e. The second-order valence-electron chi connectivity index (χ2n) is 14.5. The maximum atomic E-state index is 12.3. The number of aliphatic imine (C=N–C) groups is 2. The molecule has 0 aliphatic carbocycles. The molecule has 76 heavy (non-hydrogen) atoms. The van der Waals surface area contributed by atoms with E-state index in [1.807, 2.05) is 99.6 Å². The number of aliphatic hydroxyl groups excluding tert-OH is 1. The monoisotopic (exact) mass is 1100 g/mol. The third kappa shape index (κ3) is 40.4. The van der Waals surface area contributed by atoms with E-state index in [2.05, 4.69) is 101 Å². The molecular formula is C53H96N14O7S2. The number of terminal acetylenes is 1. The molecule has 0 bridgehead atoms. The van der Waals surface area contributed by atoms with Gasteiger partial charge in [0.05, 0.1) is 13.3 Å². The van der Waals surface area contributed by atoms with Crippen LogP contribution in [0.15, 0.2) is 93.8 Å². The molecule has 0 radical (unpaired) electrons. The summed E-state index contributed by atoms with van der Waals surface area (Å²) in [6.07, 6.45) is 16.5. The topological polar surface area (TPSA) is 306 Å². The van der Waals surface area contributed by atoms with Gasteiger partial charge in [-0.25, -0.2) is 4.99 Å². The molecule has 0 saturated carbocycles. The third-order valence-corrected chi connectivity index (χ3v) is 10.9. The van der Waals surface area contributed by atoms with E-state index in [1.165, 1.54) is 37.3 Å². The molecule has 3 rings (SSSR count). The number of aliphatic hydroxyl groups is 1. The van der Waals surface area contributed by atoms with Crippen molar-refractivity contribution >= 4 is 67.5 Å². The molecule has 2 unspecified atom stereocenters. The van der Waals surface area contributed by atoms with Crippen molar-refractivity contribution in [3.05, 3.63) is 84.5 Å². The van der Waals surface area contributed by atoms with Crippen LogP contribution in [0.5, 0.6) is 0 Å². The lowest BCUT2D eigenvalue weighted by Crippen LogP contribution is -2.45. The lowest BCUT2D eigenvalue weighted by molar-refractivity contribution is 0.293. The molecule has 0 fully saturated rings. The second-order valence-corrected chi connectivity index (χ2v) is 17.7. The van der Waals surface area contributed by atoms with Crippen LogP contribution in [-0.2, 0) is 20.2 Å². The summed E-state index contributed by atoms with van der Waals surface area (Å²) < 4.78 is 65.6. The Kier molecular flexibility index (Phi) is 50.2. The number of guanidine groups is 2. The number of nitrogens with zero attached hydrogens (tertiary/aromatic N) is 6. The SMILES string of the molecule is C#CN=C(NCCCNCC)N/C(=N\CNCCO)Nc1ccc(/C=C/C(C)/C=C\C=C/C(C)S(=O)(=O)O)c(S(=O)(=O)O)c1.CC.CC.CC.CC.CCCNc1nc(N)nc(Nc2ccccc2)n1.CCN(C)CC. The van der Waals surface area contributed by atoms with E-state index in [4.69, 9.17) is 21.8 Å². The predicted molar refractivity (Wildman–Crippen MR) is 322 cm³/mol.